The van der Waals surface area contributed by atoms with Crippen molar-refractivity contribution in [3.8, 4) is 11.5 Å². The molecule has 8 heteroatoms. The van der Waals surface area contributed by atoms with Gasteiger partial charge in [-0.05, 0) is 29.1 Å². The Kier molecular flexibility index (Phi) is 7.44. The number of fused-ring (bicyclic) bond motifs is 1. The van der Waals surface area contributed by atoms with Crippen molar-refractivity contribution in [1.82, 2.24) is 15.5 Å². The number of morpholine rings is 1. The fourth-order valence-corrected chi connectivity index (χ4v) is 4.56. The van der Waals surface area contributed by atoms with E-state index in [1.54, 1.807) is 18.4 Å². The molecule has 0 spiro atoms. The van der Waals surface area contributed by atoms with Gasteiger partial charge >= 0.3 is 0 Å². The lowest BCUT2D eigenvalue weighted by Crippen LogP contribution is -2.46. The van der Waals surface area contributed by atoms with Crippen LogP contribution in [0.2, 0.25) is 0 Å². The monoisotopic (exact) mass is 430 g/mol. The molecule has 1 fully saturated rings. The second-order valence-electron chi connectivity index (χ2n) is 7.32. The molecule has 30 heavy (non-hydrogen) atoms. The molecule has 0 amide bonds. The van der Waals surface area contributed by atoms with Gasteiger partial charge in [-0.1, -0.05) is 12.1 Å². The second kappa shape index (κ2) is 10.7. The van der Waals surface area contributed by atoms with E-state index in [4.69, 9.17) is 14.2 Å². The van der Waals surface area contributed by atoms with E-state index < -0.39 is 0 Å². The Hall–Kier alpha value is -2.29. The predicted octanol–water partition coefficient (Wildman–Crippen LogP) is 2.65. The van der Waals surface area contributed by atoms with Crippen LogP contribution >= 0.6 is 11.3 Å². The Balaban J connectivity index is 1.34. The molecule has 2 aliphatic rings. The van der Waals surface area contributed by atoms with Gasteiger partial charge in [-0.2, -0.15) is 0 Å². The second-order valence-corrected chi connectivity index (χ2v) is 8.30. The molecular weight excluding hydrogens is 400 g/mol. The average molecular weight is 431 g/mol. The maximum absolute atomic E-state index is 5.80. The lowest BCUT2D eigenvalue weighted by molar-refractivity contribution is 0.0177. The van der Waals surface area contributed by atoms with E-state index in [0.29, 0.717) is 25.8 Å². The van der Waals surface area contributed by atoms with E-state index in [1.807, 2.05) is 12.1 Å². The first-order valence-corrected chi connectivity index (χ1v) is 11.4. The van der Waals surface area contributed by atoms with Crippen LogP contribution in [0.25, 0.3) is 0 Å². The topological polar surface area (TPSA) is 67.4 Å². The Morgan fingerprint density at radius 2 is 1.93 bits per heavy atom. The molecule has 1 saturated heterocycles. The summed E-state index contributed by atoms with van der Waals surface area (Å²) < 4.78 is 17.0. The predicted molar refractivity (Wildman–Crippen MR) is 120 cm³/mol. The van der Waals surface area contributed by atoms with Crippen LogP contribution < -0.4 is 20.1 Å². The summed E-state index contributed by atoms with van der Waals surface area (Å²) in [5.41, 5.74) is 1.13. The summed E-state index contributed by atoms with van der Waals surface area (Å²) in [4.78, 5) is 8.25. The number of hydrogen-bond acceptors (Lipinski definition) is 6. The van der Waals surface area contributed by atoms with Gasteiger partial charge in [-0.3, -0.25) is 9.89 Å². The van der Waals surface area contributed by atoms with E-state index >= 15 is 0 Å². The van der Waals surface area contributed by atoms with Gasteiger partial charge in [0.25, 0.3) is 0 Å². The number of benzene rings is 1. The number of thiophene rings is 1. The smallest absolute Gasteiger partial charge is 0.191 e. The summed E-state index contributed by atoms with van der Waals surface area (Å²) >= 11 is 1.80. The van der Waals surface area contributed by atoms with Crippen LogP contribution in [0.15, 0.2) is 40.7 Å². The zero-order valence-electron chi connectivity index (χ0n) is 17.4. The van der Waals surface area contributed by atoms with Crippen molar-refractivity contribution in [3.05, 3.63) is 46.2 Å². The quantitative estimate of drug-likeness (QED) is 0.543. The molecular formula is C22H30N4O3S. The van der Waals surface area contributed by atoms with Gasteiger partial charge in [0.1, 0.15) is 0 Å². The van der Waals surface area contributed by atoms with Gasteiger partial charge < -0.3 is 24.8 Å². The molecule has 2 N–H and O–H groups in total. The number of rotatable bonds is 6. The number of guanidine groups is 1. The maximum atomic E-state index is 5.80. The van der Waals surface area contributed by atoms with E-state index in [9.17, 15) is 0 Å². The van der Waals surface area contributed by atoms with Crippen molar-refractivity contribution >= 4 is 17.3 Å². The van der Waals surface area contributed by atoms with Gasteiger partial charge in [0.05, 0.1) is 32.5 Å². The van der Waals surface area contributed by atoms with E-state index in [1.165, 1.54) is 4.88 Å². The van der Waals surface area contributed by atoms with Gasteiger partial charge in [0, 0.05) is 44.5 Å². The number of ether oxygens (including phenoxy) is 3. The molecule has 0 bridgehead atoms. The lowest BCUT2D eigenvalue weighted by Gasteiger charge is -2.34. The summed E-state index contributed by atoms with van der Waals surface area (Å²) in [6.07, 6.45) is 0.910. The highest BCUT2D eigenvalue weighted by atomic mass is 32.1. The third kappa shape index (κ3) is 5.44. The first kappa shape index (κ1) is 21.0. The number of aliphatic imine (C=N–C) groups is 1. The normalized spacial score (nSPS) is 18.5. The molecule has 2 aliphatic heterocycles. The van der Waals surface area contributed by atoms with Crippen LogP contribution in [0.3, 0.4) is 0 Å². The van der Waals surface area contributed by atoms with Crippen LogP contribution in [-0.2, 0) is 11.3 Å². The largest absolute Gasteiger partial charge is 0.490 e. The van der Waals surface area contributed by atoms with Crippen LogP contribution in [0.4, 0.5) is 0 Å². The molecule has 162 valence electrons. The fourth-order valence-electron chi connectivity index (χ4n) is 3.70. The minimum atomic E-state index is 0.311. The molecule has 7 nitrogen and oxygen atoms in total. The van der Waals surface area contributed by atoms with Crippen molar-refractivity contribution in [2.75, 3.05) is 53.1 Å². The summed E-state index contributed by atoms with van der Waals surface area (Å²) in [6.45, 7) is 6.34. The van der Waals surface area contributed by atoms with Gasteiger partial charge in [-0.25, -0.2) is 0 Å². The zero-order chi connectivity index (χ0) is 20.6. The lowest BCUT2D eigenvalue weighted by atomic mass is 10.2. The Morgan fingerprint density at radius 3 is 2.70 bits per heavy atom. The van der Waals surface area contributed by atoms with Gasteiger partial charge in [0.2, 0.25) is 0 Å². The molecule has 2 aromatic rings. The minimum Gasteiger partial charge on any atom is -0.490 e. The van der Waals surface area contributed by atoms with E-state index in [2.05, 4.69) is 44.1 Å². The fraction of sp³-hybridized carbons (Fsp3) is 0.500. The van der Waals surface area contributed by atoms with E-state index in [0.717, 1.165) is 62.3 Å². The SMILES string of the molecule is CN=C(NCc1ccc2c(c1)OCCCO2)NCC(c1cccs1)N1CCOCC1. The molecule has 1 atom stereocenters. The number of nitrogens with one attached hydrogen (secondary N) is 2. The third-order valence-electron chi connectivity index (χ3n) is 5.32. The highest BCUT2D eigenvalue weighted by Gasteiger charge is 2.23. The highest BCUT2D eigenvalue weighted by Crippen LogP contribution is 2.30. The first-order chi connectivity index (χ1) is 14.8. The van der Waals surface area contributed by atoms with Crippen molar-refractivity contribution in [2.45, 2.75) is 19.0 Å². The molecule has 0 radical (unpaired) electrons. The third-order valence-corrected chi connectivity index (χ3v) is 6.29. The molecule has 1 aromatic carbocycles. The average Bonchev–Trinajstić information content (AvgIpc) is 3.21. The standard InChI is InChI=1S/C22H30N4O3S/c1-23-22(24-15-17-5-6-19-20(14-17)29-10-3-9-28-19)25-16-18(21-4-2-13-30-21)26-7-11-27-12-8-26/h2,4-6,13-14,18H,3,7-12,15-16H2,1H3,(H2,23,24,25). The molecule has 1 unspecified atom stereocenters. The van der Waals surface area contributed by atoms with Crippen LogP contribution in [0, 0.1) is 0 Å². The molecule has 1 aromatic heterocycles. The molecule has 4 rings (SSSR count). The minimum absolute atomic E-state index is 0.311. The zero-order valence-corrected chi connectivity index (χ0v) is 18.2. The number of hydrogen-bond donors (Lipinski definition) is 2. The summed E-state index contributed by atoms with van der Waals surface area (Å²) in [7, 11) is 1.80. The van der Waals surface area contributed by atoms with Crippen LogP contribution in [-0.4, -0.2) is 64.0 Å². The van der Waals surface area contributed by atoms with E-state index in [-0.39, 0.29) is 0 Å². The number of nitrogens with zero attached hydrogens (tertiary/aromatic N) is 2. The van der Waals surface area contributed by atoms with Crippen molar-refractivity contribution in [2.24, 2.45) is 4.99 Å². The summed E-state index contributed by atoms with van der Waals surface area (Å²) in [5.74, 6) is 2.43. The Bertz CT molecular complexity index is 822. The van der Waals surface area contributed by atoms with Crippen LogP contribution in [0.1, 0.15) is 22.9 Å². The maximum Gasteiger partial charge on any atom is 0.191 e. The Labute approximate surface area is 182 Å². The first-order valence-electron chi connectivity index (χ1n) is 10.5. The van der Waals surface area contributed by atoms with Crippen molar-refractivity contribution in [1.29, 1.82) is 0 Å². The molecule has 3 heterocycles. The summed E-state index contributed by atoms with van der Waals surface area (Å²) in [6, 6.07) is 10.7. The van der Waals surface area contributed by atoms with Gasteiger partial charge in [-0.15, -0.1) is 11.3 Å². The summed E-state index contributed by atoms with van der Waals surface area (Å²) in [5, 5.41) is 9.06. The van der Waals surface area contributed by atoms with Gasteiger partial charge in [0.15, 0.2) is 17.5 Å². The highest BCUT2D eigenvalue weighted by molar-refractivity contribution is 7.10. The van der Waals surface area contributed by atoms with Crippen LogP contribution in [0.5, 0.6) is 11.5 Å². The van der Waals surface area contributed by atoms with Crippen molar-refractivity contribution < 1.29 is 14.2 Å². The Morgan fingerprint density at radius 1 is 1.10 bits per heavy atom. The molecule has 0 saturated carbocycles. The molecule has 0 aliphatic carbocycles. The van der Waals surface area contributed by atoms with Crippen molar-refractivity contribution in [3.63, 3.8) is 0 Å².